The molecule has 0 aliphatic carbocycles. The zero-order valence-corrected chi connectivity index (χ0v) is 14.2. The number of benzene rings is 2. The summed E-state index contributed by atoms with van der Waals surface area (Å²) in [6.07, 6.45) is -4.35. The number of halogens is 3. The maximum Gasteiger partial charge on any atom is 0.430 e. The van der Waals surface area contributed by atoms with E-state index in [-0.39, 0.29) is 5.56 Å². The van der Waals surface area contributed by atoms with E-state index in [1.54, 1.807) is 12.1 Å². The molecule has 0 unspecified atom stereocenters. The van der Waals surface area contributed by atoms with Crippen LogP contribution in [0, 0.1) is 0 Å². The molecule has 0 radical (unpaired) electrons. The number of carbonyl (C=O) groups is 2. The highest BCUT2D eigenvalue weighted by molar-refractivity contribution is 5.92. The smallest absolute Gasteiger partial charge is 0.430 e. The summed E-state index contributed by atoms with van der Waals surface area (Å²) in [6, 6.07) is 9.02. The van der Waals surface area contributed by atoms with E-state index in [0.717, 1.165) is 30.7 Å². The molecule has 28 heavy (non-hydrogen) atoms. The van der Waals surface area contributed by atoms with Crippen molar-refractivity contribution in [1.29, 1.82) is 0 Å². The molecule has 11 heteroatoms. The van der Waals surface area contributed by atoms with Gasteiger partial charge in [0, 0.05) is 6.42 Å². The first-order valence-electron chi connectivity index (χ1n) is 7.59. The fraction of sp³-hybridized carbons (Fsp3) is 0.176. The van der Waals surface area contributed by atoms with Gasteiger partial charge in [-0.25, -0.2) is 4.79 Å². The number of phenols is 3. The van der Waals surface area contributed by atoms with E-state index >= 15 is 0 Å². The van der Waals surface area contributed by atoms with Crippen LogP contribution in [0.5, 0.6) is 23.0 Å². The van der Waals surface area contributed by atoms with Crippen molar-refractivity contribution < 1.29 is 53.7 Å². The number of hydrogen-bond donors (Lipinski definition) is 4. The normalized spacial score (nSPS) is 10.6. The Labute approximate surface area is 156 Å². The molecular formula is C17H16F3NO7. The number of hydrogen-bond acceptors (Lipinski definition) is 7. The minimum atomic E-state index is -5.19. The van der Waals surface area contributed by atoms with Gasteiger partial charge in [-0.05, 0) is 29.8 Å². The third-order valence-electron chi connectivity index (χ3n) is 3.14. The maximum absolute atomic E-state index is 11.9. The number of rotatable bonds is 4. The minimum absolute atomic E-state index is 0.0652. The first kappa shape index (κ1) is 22.6. The Morgan fingerprint density at radius 3 is 1.89 bits per heavy atom. The molecule has 2 rings (SSSR count). The van der Waals surface area contributed by atoms with E-state index in [1.165, 1.54) is 0 Å². The Hall–Kier alpha value is -3.47. The van der Waals surface area contributed by atoms with E-state index in [4.69, 9.17) is 14.6 Å². The van der Waals surface area contributed by atoms with Gasteiger partial charge in [0.15, 0.2) is 17.2 Å². The SMILES string of the molecule is O=C([O-])C(F)(F)F.[NH3+]CCc1ccc(OC(=O)c2cc(O)c(O)c(O)c2)cc1. The molecule has 0 aliphatic heterocycles. The van der Waals surface area contributed by atoms with Gasteiger partial charge in [-0.3, -0.25) is 0 Å². The zero-order chi connectivity index (χ0) is 21.5. The number of aromatic hydroxyl groups is 3. The first-order valence-corrected chi connectivity index (χ1v) is 7.59. The van der Waals surface area contributed by atoms with Gasteiger partial charge in [0.25, 0.3) is 0 Å². The fourth-order valence-corrected chi connectivity index (χ4v) is 1.82. The number of carboxylic acid groups (broad SMARTS) is 1. The van der Waals surface area contributed by atoms with Crippen molar-refractivity contribution in [3.8, 4) is 23.0 Å². The number of carbonyl (C=O) groups excluding carboxylic acids is 2. The summed E-state index contributed by atoms with van der Waals surface area (Å²) >= 11 is 0. The third-order valence-corrected chi connectivity index (χ3v) is 3.14. The predicted molar refractivity (Wildman–Crippen MR) is 85.4 cm³/mol. The van der Waals surface area contributed by atoms with E-state index in [1.807, 2.05) is 12.1 Å². The number of alkyl halides is 3. The first-order chi connectivity index (χ1) is 13.0. The lowest BCUT2D eigenvalue weighted by atomic mass is 10.1. The Morgan fingerprint density at radius 1 is 1.04 bits per heavy atom. The van der Waals surface area contributed by atoms with E-state index in [0.29, 0.717) is 5.75 Å². The molecule has 0 fully saturated rings. The van der Waals surface area contributed by atoms with Gasteiger partial charge in [-0.2, -0.15) is 13.2 Å². The molecule has 0 aliphatic rings. The van der Waals surface area contributed by atoms with Crippen LogP contribution < -0.4 is 15.6 Å². The molecule has 0 aromatic heterocycles. The zero-order valence-electron chi connectivity index (χ0n) is 14.2. The fourth-order valence-electron chi connectivity index (χ4n) is 1.82. The molecule has 0 bridgehead atoms. The molecule has 2 aromatic carbocycles. The van der Waals surface area contributed by atoms with Gasteiger partial charge in [-0.15, -0.1) is 0 Å². The average Bonchev–Trinajstić information content (AvgIpc) is 2.60. The largest absolute Gasteiger partial charge is 0.542 e. The molecule has 0 amide bonds. The molecule has 6 N–H and O–H groups in total. The highest BCUT2D eigenvalue weighted by Gasteiger charge is 2.28. The van der Waals surface area contributed by atoms with Crippen molar-refractivity contribution in [2.24, 2.45) is 0 Å². The standard InChI is InChI=1S/C15H15NO5.C2HF3O2/c16-6-5-9-1-3-11(4-2-9)21-15(20)10-7-12(17)14(19)13(18)8-10;3-2(4,5)1(6)7/h1-4,7-8,17-19H,5-6,16H2;(H,6,7). The van der Waals surface area contributed by atoms with Gasteiger partial charge in [-0.1, -0.05) is 12.1 Å². The number of ether oxygens (including phenoxy) is 1. The van der Waals surface area contributed by atoms with Crippen LogP contribution in [-0.2, 0) is 11.2 Å². The van der Waals surface area contributed by atoms with E-state index in [2.05, 4.69) is 5.73 Å². The second-order valence-electron chi connectivity index (χ2n) is 5.29. The minimum Gasteiger partial charge on any atom is -0.542 e. The molecule has 8 nitrogen and oxygen atoms in total. The number of esters is 1. The molecule has 0 heterocycles. The molecule has 0 atom stereocenters. The lowest BCUT2D eigenvalue weighted by Gasteiger charge is -2.07. The summed E-state index contributed by atoms with van der Waals surface area (Å²) in [4.78, 5) is 20.7. The van der Waals surface area contributed by atoms with E-state index in [9.17, 15) is 33.3 Å². The average molecular weight is 403 g/mol. The number of phenolic OH excluding ortho intramolecular Hbond substituents is 3. The van der Waals surface area contributed by atoms with Crippen molar-refractivity contribution in [1.82, 2.24) is 0 Å². The Morgan fingerprint density at radius 2 is 1.50 bits per heavy atom. The summed E-state index contributed by atoms with van der Waals surface area (Å²) in [5.41, 5.74) is 4.78. The Balaban J connectivity index is 0.000000480. The lowest BCUT2D eigenvalue weighted by Crippen LogP contribution is -2.51. The molecule has 2 aromatic rings. The summed E-state index contributed by atoms with van der Waals surface area (Å²) in [7, 11) is 0. The van der Waals surface area contributed by atoms with Crippen molar-refractivity contribution in [2.45, 2.75) is 12.6 Å². The van der Waals surface area contributed by atoms with Gasteiger partial charge < -0.3 is 35.7 Å². The second kappa shape index (κ2) is 9.46. The van der Waals surface area contributed by atoms with Crippen molar-refractivity contribution in [2.75, 3.05) is 6.54 Å². The Kier molecular flexibility index (Phi) is 7.63. The van der Waals surface area contributed by atoms with Gasteiger partial charge in [0.2, 0.25) is 0 Å². The van der Waals surface area contributed by atoms with Crippen molar-refractivity contribution in [3.63, 3.8) is 0 Å². The topological polar surface area (TPSA) is 155 Å². The van der Waals surface area contributed by atoms with Crippen molar-refractivity contribution >= 4 is 11.9 Å². The van der Waals surface area contributed by atoms with E-state index < -0.39 is 35.4 Å². The van der Waals surface area contributed by atoms with Crippen LogP contribution in [0.3, 0.4) is 0 Å². The highest BCUT2D eigenvalue weighted by Crippen LogP contribution is 2.35. The molecular weight excluding hydrogens is 387 g/mol. The Bertz CT molecular complexity index is 813. The lowest BCUT2D eigenvalue weighted by molar-refractivity contribution is -0.366. The molecule has 0 saturated carbocycles. The summed E-state index contributed by atoms with van der Waals surface area (Å²) in [5, 5.41) is 36.7. The molecule has 152 valence electrons. The summed E-state index contributed by atoms with van der Waals surface area (Å²) < 4.78 is 36.7. The monoisotopic (exact) mass is 403 g/mol. The van der Waals surface area contributed by atoms with Crippen LogP contribution in [0.25, 0.3) is 0 Å². The van der Waals surface area contributed by atoms with Crippen molar-refractivity contribution in [3.05, 3.63) is 47.5 Å². The van der Waals surface area contributed by atoms with Gasteiger partial charge in [0.05, 0.1) is 12.1 Å². The quantitative estimate of drug-likeness (QED) is 0.321. The van der Waals surface area contributed by atoms with Crippen LogP contribution in [0.2, 0.25) is 0 Å². The molecule has 0 saturated heterocycles. The number of carboxylic acids is 1. The maximum atomic E-state index is 11.9. The van der Waals surface area contributed by atoms with Crippen LogP contribution in [0.4, 0.5) is 13.2 Å². The van der Waals surface area contributed by atoms with Crippen LogP contribution >= 0.6 is 0 Å². The summed E-state index contributed by atoms with van der Waals surface area (Å²) in [6.45, 7) is 0.783. The van der Waals surface area contributed by atoms with Crippen LogP contribution in [-0.4, -0.2) is 40.0 Å². The van der Waals surface area contributed by atoms with Gasteiger partial charge in [0.1, 0.15) is 11.7 Å². The van der Waals surface area contributed by atoms with Crippen LogP contribution in [0.1, 0.15) is 15.9 Å². The highest BCUT2D eigenvalue weighted by atomic mass is 19.4. The summed E-state index contributed by atoms with van der Waals surface area (Å²) in [5.74, 6) is -5.26. The van der Waals surface area contributed by atoms with Gasteiger partial charge >= 0.3 is 12.1 Å². The number of aliphatic carboxylic acids is 1. The second-order valence-corrected chi connectivity index (χ2v) is 5.29. The third kappa shape index (κ3) is 6.68. The molecule has 0 spiro atoms. The van der Waals surface area contributed by atoms with Crippen LogP contribution in [0.15, 0.2) is 36.4 Å². The predicted octanol–water partition coefficient (Wildman–Crippen LogP) is 0.106. The number of quaternary nitrogens is 1.